The maximum atomic E-state index is 5.49. The third kappa shape index (κ3) is 2.50. The van der Waals surface area contributed by atoms with E-state index in [0.717, 1.165) is 4.88 Å². The zero-order valence-corrected chi connectivity index (χ0v) is 10.7. The molecule has 0 N–H and O–H groups in total. The second-order valence-corrected chi connectivity index (χ2v) is 5.27. The topological polar surface area (TPSA) is 34.0 Å². The minimum atomic E-state index is -0.600. The molecule has 88 valence electrons. The van der Waals surface area contributed by atoms with Crippen LogP contribution in [0.25, 0.3) is 0 Å². The Morgan fingerprint density at radius 3 is 2.75 bits per heavy atom. The van der Waals surface area contributed by atoms with E-state index in [0.29, 0.717) is 6.04 Å². The molecule has 1 heterocycles. The molecule has 3 nitrogen and oxygen atoms in total. The van der Waals surface area contributed by atoms with Crippen LogP contribution in [-0.4, -0.2) is 13.2 Å². The lowest BCUT2D eigenvalue weighted by Crippen LogP contribution is -2.20. The molecule has 0 bridgehead atoms. The van der Waals surface area contributed by atoms with E-state index >= 15 is 0 Å². The van der Waals surface area contributed by atoms with E-state index in [1.807, 2.05) is 24.4 Å². The van der Waals surface area contributed by atoms with Crippen LogP contribution in [0.2, 0.25) is 0 Å². The summed E-state index contributed by atoms with van der Waals surface area (Å²) in [5.74, 6) is 0. The fraction of sp³-hybridized carbons (Fsp3) is 0.667. The lowest BCUT2D eigenvalue weighted by molar-refractivity contribution is 0.00525. The first-order chi connectivity index (χ1) is 7.74. The monoisotopic (exact) mass is 238 g/mol. The van der Waals surface area contributed by atoms with Gasteiger partial charge in [0.2, 0.25) is 5.72 Å². The first-order valence-corrected chi connectivity index (χ1v) is 6.64. The number of rotatable bonds is 4. The molecular weight excluding hydrogens is 220 g/mol. The molecule has 0 aromatic carbocycles. The van der Waals surface area contributed by atoms with Gasteiger partial charge in [-0.1, -0.05) is 18.9 Å². The summed E-state index contributed by atoms with van der Waals surface area (Å²) in [6.45, 7) is 1.97. The number of hydrogen-bond acceptors (Lipinski definition) is 4. The fourth-order valence-corrected chi connectivity index (χ4v) is 2.75. The summed E-state index contributed by atoms with van der Waals surface area (Å²) in [6, 6.07) is 4.47. The Morgan fingerprint density at radius 1 is 1.44 bits per heavy atom. The van der Waals surface area contributed by atoms with Gasteiger partial charge in [0.25, 0.3) is 0 Å². The Hall–Kier alpha value is -0.740. The highest BCUT2D eigenvalue weighted by molar-refractivity contribution is 7.10. The zero-order valence-electron chi connectivity index (χ0n) is 9.85. The van der Waals surface area contributed by atoms with Crippen LogP contribution in [0.5, 0.6) is 0 Å². The van der Waals surface area contributed by atoms with Gasteiger partial charge >= 0.3 is 0 Å². The smallest absolute Gasteiger partial charge is 0.210 e. The second-order valence-electron chi connectivity index (χ2n) is 4.32. The van der Waals surface area contributed by atoms with Crippen molar-refractivity contribution in [1.82, 2.24) is 0 Å². The maximum absolute atomic E-state index is 5.49. The molecule has 0 saturated heterocycles. The van der Waals surface area contributed by atoms with E-state index in [2.05, 4.69) is 10.2 Å². The molecule has 2 rings (SSSR count). The van der Waals surface area contributed by atoms with E-state index in [1.165, 1.54) is 25.7 Å². The summed E-state index contributed by atoms with van der Waals surface area (Å²) in [7, 11) is 1.69. The van der Waals surface area contributed by atoms with E-state index in [-0.39, 0.29) is 0 Å². The summed E-state index contributed by atoms with van der Waals surface area (Å²) < 4.78 is 5.49. The van der Waals surface area contributed by atoms with Gasteiger partial charge in [-0.15, -0.1) is 11.3 Å². The zero-order chi connectivity index (χ0) is 11.4. The Balaban J connectivity index is 2.09. The normalized spacial score (nSPS) is 21.6. The molecule has 0 aliphatic heterocycles. The number of hydrogen-bond donors (Lipinski definition) is 0. The van der Waals surface area contributed by atoms with Crippen molar-refractivity contribution in [3.63, 3.8) is 0 Å². The van der Waals surface area contributed by atoms with Gasteiger partial charge in [-0.2, -0.15) is 10.2 Å². The van der Waals surface area contributed by atoms with Crippen molar-refractivity contribution in [2.45, 2.75) is 44.4 Å². The van der Waals surface area contributed by atoms with E-state index < -0.39 is 5.72 Å². The third-order valence-electron chi connectivity index (χ3n) is 3.11. The number of nitrogens with zero attached hydrogens (tertiary/aromatic N) is 2. The molecule has 0 radical (unpaired) electrons. The van der Waals surface area contributed by atoms with Gasteiger partial charge in [0.15, 0.2) is 0 Å². The van der Waals surface area contributed by atoms with Crippen molar-refractivity contribution in [2.24, 2.45) is 10.2 Å². The Morgan fingerprint density at radius 2 is 2.19 bits per heavy atom. The van der Waals surface area contributed by atoms with Crippen molar-refractivity contribution in [3.05, 3.63) is 22.4 Å². The number of thiophene rings is 1. The van der Waals surface area contributed by atoms with Gasteiger partial charge in [0, 0.05) is 7.11 Å². The molecule has 1 unspecified atom stereocenters. The van der Waals surface area contributed by atoms with Gasteiger partial charge in [0.1, 0.15) is 0 Å². The lowest BCUT2D eigenvalue weighted by Gasteiger charge is -2.21. The Bertz CT molecular complexity index is 344. The lowest BCUT2D eigenvalue weighted by atomic mass is 10.2. The fourth-order valence-electron chi connectivity index (χ4n) is 1.94. The average Bonchev–Trinajstić information content (AvgIpc) is 2.98. The summed E-state index contributed by atoms with van der Waals surface area (Å²) in [4.78, 5) is 1.11. The number of azo groups is 1. The van der Waals surface area contributed by atoms with Crippen LogP contribution in [0.15, 0.2) is 27.7 Å². The molecule has 1 aromatic heterocycles. The van der Waals surface area contributed by atoms with Gasteiger partial charge < -0.3 is 4.74 Å². The highest BCUT2D eigenvalue weighted by Crippen LogP contribution is 2.31. The van der Waals surface area contributed by atoms with Crippen LogP contribution < -0.4 is 0 Å². The Kier molecular flexibility index (Phi) is 3.71. The largest absolute Gasteiger partial charge is 0.351 e. The van der Waals surface area contributed by atoms with Crippen LogP contribution in [0.3, 0.4) is 0 Å². The molecule has 1 aromatic rings. The van der Waals surface area contributed by atoms with Gasteiger partial charge in [-0.25, -0.2) is 0 Å². The summed E-state index contributed by atoms with van der Waals surface area (Å²) in [6.07, 6.45) is 4.92. The first kappa shape index (κ1) is 11.7. The second kappa shape index (κ2) is 5.06. The first-order valence-electron chi connectivity index (χ1n) is 5.76. The van der Waals surface area contributed by atoms with Crippen LogP contribution in [0.1, 0.15) is 37.5 Å². The van der Waals surface area contributed by atoms with Crippen LogP contribution in [0, 0.1) is 0 Å². The van der Waals surface area contributed by atoms with E-state index in [9.17, 15) is 0 Å². The van der Waals surface area contributed by atoms with Gasteiger partial charge in [-0.05, 0) is 31.2 Å². The molecular formula is C12H18N2OS. The predicted molar refractivity (Wildman–Crippen MR) is 65.8 cm³/mol. The van der Waals surface area contributed by atoms with Crippen molar-refractivity contribution in [3.8, 4) is 0 Å². The van der Waals surface area contributed by atoms with Crippen LogP contribution in [-0.2, 0) is 10.5 Å². The number of ether oxygens (including phenoxy) is 1. The van der Waals surface area contributed by atoms with E-state index in [4.69, 9.17) is 4.74 Å². The minimum absolute atomic E-state index is 0.412. The summed E-state index contributed by atoms with van der Waals surface area (Å²) in [5.41, 5.74) is -0.600. The quantitative estimate of drug-likeness (QED) is 0.731. The van der Waals surface area contributed by atoms with Crippen molar-refractivity contribution >= 4 is 11.3 Å². The number of methoxy groups -OCH3 is 1. The molecule has 1 fully saturated rings. The third-order valence-corrected chi connectivity index (χ3v) is 4.17. The molecule has 16 heavy (non-hydrogen) atoms. The molecule has 1 saturated carbocycles. The van der Waals surface area contributed by atoms with Crippen LogP contribution in [0.4, 0.5) is 0 Å². The Labute approximate surface area is 101 Å². The molecule has 0 amide bonds. The predicted octanol–water partition coefficient (Wildman–Crippen LogP) is 3.96. The highest BCUT2D eigenvalue weighted by Gasteiger charge is 2.27. The summed E-state index contributed by atoms with van der Waals surface area (Å²) >= 11 is 1.66. The molecule has 1 atom stereocenters. The van der Waals surface area contributed by atoms with E-state index in [1.54, 1.807) is 18.4 Å². The van der Waals surface area contributed by atoms with Crippen molar-refractivity contribution < 1.29 is 4.74 Å². The molecule has 1 aliphatic carbocycles. The van der Waals surface area contributed by atoms with Crippen molar-refractivity contribution in [1.29, 1.82) is 0 Å². The molecule has 0 spiro atoms. The van der Waals surface area contributed by atoms with Gasteiger partial charge in [0.05, 0.1) is 10.9 Å². The average molecular weight is 238 g/mol. The van der Waals surface area contributed by atoms with Gasteiger partial charge in [-0.3, -0.25) is 0 Å². The maximum Gasteiger partial charge on any atom is 0.210 e. The summed E-state index contributed by atoms with van der Waals surface area (Å²) in [5, 5.41) is 10.9. The standard InChI is InChI=1S/C12H18N2OS/c1-12(15-2,11-8-5-9-16-11)14-13-10-6-3-4-7-10/h5,8-10H,3-4,6-7H2,1-2H3. The molecule has 1 aliphatic rings. The SMILES string of the molecule is COC(C)(N=NC1CCCC1)c1cccs1. The van der Waals surface area contributed by atoms with Crippen molar-refractivity contribution in [2.75, 3.05) is 7.11 Å². The minimum Gasteiger partial charge on any atom is -0.351 e. The molecule has 4 heteroatoms. The van der Waals surface area contributed by atoms with Crippen LogP contribution >= 0.6 is 11.3 Å². The highest BCUT2D eigenvalue weighted by atomic mass is 32.1.